The number of allylic oxidation sites excluding steroid dienone is 3. The summed E-state index contributed by atoms with van der Waals surface area (Å²) in [6, 6.07) is 0. The molecule has 0 aromatic carbocycles. The Balaban J connectivity index is 1.91. The number of hydrogen-bond acceptors (Lipinski definition) is 2. The van der Waals surface area contributed by atoms with E-state index in [0.29, 0.717) is 17.3 Å². The highest BCUT2D eigenvalue weighted by molar-refractivity contribution is 5.66. The molecule has 0 N–H and O–H groups in total. The van der Waals surface area contributed by atoms with E-state index in [1.54, 1.807) is 12.5 Å². The van der Waals surface area contributed by atoms with Crippen LogP contribution in [0.5, 0.6) is 0 Å². The predicted molar refractivity (Wildman–Crippen MR) is 98.5 cm³/mol. The van der Waals surface area contributed by atoms with Crippen LogP contribution in [0, 0.1) is 28.1 Å². The van der Waals surface area contributed by atoms with Crippen LogP contribution in [0.15, 0.2) is 24.3 Å². The van der Waals surface area contributed by atoms with E-state index < -0.39 is 0 Å². The van der Waals surface area contributed by atoms with E-state index in [1.165, 1.54) is 32.1 Å². The molecule has 3 aliphatic carbocycles. The molecule has 2 nitrogen and oxygen atoms in total. The van der Waals surface area contributed by atoms with Crippen LogP contribution in [-0.4, -0.2) is 12.1 Å². The van der Waals surface area contributed by atoms with Gasteiger partial charge in [0.25, 0.3) is 0 Å². The second kappa shape index (κ2) is 5.75. The maximum atomic E-state index is 11.5. The highest BCUT2D eigenvalue weighted by Gasteiger charge is 2.58. The molecule has 0 aromatic rings. The van der Waals surface area contributed by atoms with Crippen molar-refractivity contribution in [3.8, 4) is 0 Å². The molecule has 0 spiro atoms. The van der Waals surface area contributed by atoms with Crippen molar-refractivity contribution in [1.82, 2.24) is 0 Å². The fourth-order valence-corrected chi connectivity index (χ4v) is 6.30. The Kier molecular flexibility index (Phi) is 4.25. The van der Waals surface area contributed by atoms with Gasteiger partial charge in [-0.1, -0.05) is 45.4 Å². The van der Waals surface area contributed by atoms with E-state index in [4.69, 9.17) is 4.74 Å². The minimum atomic E-state index is -0.132. The van der Waals surface area contributed by atoms with Crippen molar-refractivity contribution >= 4 is 5.97 Å². The zero-order chi connectivity index (χ0) is 17.8. The quantitative estimate of drug-likeness (QED) is 0.481. The lowest BCUT2D eigenvalue weighted by Gasteiger charge is -2.61. The molecule has 5 atom stereocenters. The maximum Gasteiger partial charge on any atom is 0.302 e. The number of hydrogen-bond donors (Lipinski definition) is 0. The first-order valence-corrected chi connectivity index (χ1v) is 9.65. The van der Waals surface area contributed by atoms with Gasteiger partial charge in [-0.15, -0.1) is 6.58 Å². The first kappa shape index (κ1) is 17.8. The van der Waals surface area contributed by atoms with Crippen molar-refractivity contribution in [2.45, 2.75) is 79.2 Å². The van der Waals surface area contributed by atoms with Crippen LogP contribution in [0.1, 0.15) is 73.1 Å². The van der Waals surface area contributed by atoms with Gasteiger partial charge in [-0.3, -0.25) is 4.79 Å². The van der Waals surface area contributed by atoms with Crippen LogP contribution in [0.25, 0.3) is 0 Å². The lowest BCUT2D eigenvalue weighted by atomic mass is 9.45. The van der Waals surface area contributed by atoms with Gasteiger partial charge >= 0.3 is 5.97 Å². The van der Waals surface area contributed by atoms with Crippen molar-refractivity contribution in [3.05, 3.63) is 24.3 Å². The molecule has 3 rings (SSSR count). The van der Waals surface area contributed by atoms with E-state index in [1.807, 2.05) is 0 Å². The fraction of sp³-hybridized carbons (Fsp3) is 0.773. The topological polar surface area (TPSA) is 26.3 Å². The number of fused-ring (bicyclic) bond motifs is 3. The average molecular weight is 331 g/mol. The summed E-state index contributed by atoms with van der Waals surface area (Å²) in [5.41, 5.74) is 2.25. The smallest absolute Gasteiger partial charge is 0.302 e. The lowest BCUT2D eigenvalue weighted by Crippen LogP contribution is -2.56. The maximum absolute atomic E-state index is 11.5. The molecule has 2 heteroatoms. The van der Waals surface area contributed by atoms with Gasteiger partial charge in [0, 0.05) is 17.8 Å². The molecule has 2 fully saturated rings. The number of rotatable bonds is 2. The summed E-state index contributed by atoms with van der Waals surface area (Å²) in [6.07, 6.45) is 11.8. The van der Waals surface area contributed by atoms with Crippen molar-refractivity contribution in [1.29, 1.82) is 0 Å². The van der Waals surface area contributed by atoms with E-state index in [-0.39, 0.29) is 22.9 Å². The Bertz CT molecular complexity index is 573. The van der Waals surface area contributed by atoms with E-state index in [2.05, 4.69) is 46.4 Å². The van der Waals surface area contributed by atoms with Gasteiger partial charge in [0.15, 0.2) is 0 Å². The summed E-state index contributed by atoms with van der Waals surface area (Å²) < 4.78 is 5.72. The van der Waals surface area contributed by atoms with Crippen LogP contribution < -0.4 is 0 Å². The molecular weight excluding hydrogens is 296 g/mol. The predicted octanol–water partition coefficient (Wildman–Crippen LogP) is 5.68. The van der Waals surface area contributed by atoms with Gasteiger partial charge in [-0.05, 0) is 55.8 Å². The average Bonchev–Trinajstić information content (AvgIpc) is 2.49. The molecule has 24 heavy (non-hydrogen) atoms. The molecule has 0 radical (unpaired) electrons. The fourth-order valence-electron chi connectivity index (χ4n) is 6.30. The standard InChI is InChI=1S/C22H34O2/c1-7-21(5)12-10-17-16(14-21)8-9-18-20(3,4)19(24-15(2)23)11-13-22(17,18)6/h7,14,17-19H,1,8-13H2,2-6H3/t17-,18+,19-,21+,22+/m1/s1. The Morgan fingerprint density at radius 3 is 2.54 bits per heavy atom. The van der Waals surface area contributed by atoms with Crippen molar-refractivity contribution in [3.63, 3.8) is 0 Å². The molecule has 0 bridgehead atoms. The van der Waals surface area contributed by atoms with Crippen molar-refractivity contribution in [2.24, 2.45) is 28.1 Å². The summed E-state index contributed by atoms with van der Waals surface area (Å²) >= 11 is 0. The zero-order valence-corrected chi connectivity index (χ0v) is 16.2. The Labute approximate surface area is 147 Å². The number of esters is 1. The largest absolute Gasteiger partial charge is 0.462 e. The van der Waals surface area contributed by atoms with Crippen LogP contribution in [0.3, 0.4) is 0 Å². The van der Waals surface area contributed by atoms with E-state index >= 15 is 0 Å². The summed E-state index contributed by atoms with van der Waals surface area (Å²) in [7, 11) is 0. The van der Waals surface area contributed by atoms with Crippen LogP contribution >= 0.6 is 0 Å². The van der Waals surface area contributed by atoms with Gasteiger partial charge < -0.3 is 4.74 Å². The third-order valence-electron chi connectivity index (χ3n) is 7.70. The van der Waals surface area contributed by atoms with Gasteiger partial charge in [0.2, 0.25) is 0 Å². The first-order chi connectivity index (χ1) is 11.1. The third-order valence-corrected chi connectivity index (χ3v) is 7.70. The SMILES string of the molecule is C=C[C@]1(C)C=C2CC[C@H]3C(C)(C)[C@H](OC(C)=O)CC[C@@]3(C)[C@@H]2CC1. The molecule has 0 aliphatic heterocycles. The molecule has 3 aliphatic rings. The second-order valence-electron chi connectivity index (χ2n) is 9.58. The molecule has 2 saturated carbocycles. The molecule has 0 unspecified atom stereocenters. The van der Waals surface area contributed by atoms with Crippen LogP contribution in [0.4, 0.5) is 0 Å². The molecule has 0 aromatic heterocycles. The first-order valence-electron chi connectivity index (χ1n) is 9.65. The summed E-state index contributed by atoms with van der Waals surface area (Å²) in [5, 5.41) is 0. The molecule has 0 amide bonds. The molecular formula is C22H34O2. The van der Waals surface area contributed by atoms with Gasteiger partial charge in [-0.25, -0.2) is 0 Å². The molecule has 134 valence electrons. The summed E-state index contributed by atoms with van der Waals surface area (Å²) in [4.78, 5) is 11.5. The summed E-state index contributed by atoms with van der Waals surface area (Å²) in [6.45, 7) is 15.1. The Hall–Kier alpha value is -1.05. The highest BCUT2D eigenvalue weighted by Crippen LogP contribution is 2.64. The third kappa shape index (κ3) is 2.66. The monoisotopic (exact) mass is 330 g/mol. The van der Waals surface area contributed by atoms with Gasteiger partial charge in [0.05, 0.1) is 0 Å². The highest BCUT2D eigenvalue weighted by atomic mass is 16.5. The second-order valence-corrected chi connectivity index (χ2v) is 9.58. The van der Waals surface area contributed by atoms with Gasteiger partial charge in [-0.2, -0.15) is 0 Å². The van der Waals surface area contributed by atoms with Crippen molar-refractivity contribution < 1.29 is 9.53 Å². The van der Waals surface area contributed by atoms with Crippen LogP contribution in [0.2, 0.25) is 0 Å². The minimum absolute atomic E-state index is 0.0589. The number of carbonyl (C=O) groups excluding carboxylic acids is 1. The van der Waals surface area contributed by atoms with E-state index in [0.717, 1.165) is 6.42 Å². The molecule has 0 saturated heterocycles. The summed E-state index contributed by atoms with van der Waals surface area (Å²) in [5.74, 6) is 1.19. The molecule has 0 heterocycles. The Morgan fingerprint density at radius 1 is 1.21 bits per heavy atom. The van der Waals surface area contributed by atoms with E-state index in [9.17, 15) is 4.79 Å². The number of ether oxygens (including phenoxy) is 1. The zero-order valence-electron chi connectivity index (χ0n) is 16.2. The van der Waals surface area contributed by atoms with Gasteiger partial charge in [0.1, 0.15) is 6.10 Å². The normalized spacial score (nSPS) is 43.9. The minimum Gasteiger partial charge on any atom is -0.462 e. The lowest BCUT2D eigenvalue weighted by molar-refractivity contribution is -0.174. The van der Waals surface area contributed by atoms with Crippen LogP contribution in [-0.2, 0) is 9.53 Å². The Morgan fingerprint density at radius 2 is 1.92 bits per heavy atom. The number of carbonyl (C=O) groups is 1. The van der Waals surface area contributed by atoms with Crippen molar-refractivity contribution in [2.75, 3.05) is 0 Å².